The number of nitrogens with zero attached hydrogens (tertiary/aromatic N) is 6. The molecule has 36 heavy (non-hydrogen) atoms. The summed E-state index contributed by atoms with van der Waals surface area (Å²) in [4.78, 5) is 27.5. The lowest BCUT2D eigenvalue weighted by Crippen LogP contribution is -2.63. The van der Waals surface area contributed by atoms with Crippen LogP contribution in [0.5, 0.6) is 0 Å². The summed E-state index contributed by atoms with van der Waals surface area (Å²) >= 11 is 6.14. The number of para-hydroxylation sites is 1. The molecule has 16 nitrogen and oxygen atoms in total. The van der Waals surface area contributed by atoms with Crippen molar-refractivity contribution >= 4 is 29.2 Å². The summed E-state index contributed by atoms with van der Waals surface area (Å²) in [7, 11) is 0. The van der Waals surface area contributed by atoms with Crippen molar-refractivity contribution in [1.29, 1.82) is 0 Å². The molecule has 3 unspecified atom stereocenters. The van der Waals surface area contributed by atoms with Crippen LogP contribution in [0, 0.1) is 0 Å². The molecule has 194 valence electrons. The van der Waals surface area contributed by atoms with E-state index in [1.54, 1.807) is 4.90 Å². The number of carbonyl (C=O) groups is 2. The van der Waals surface area contributed by atoms with E-state index in [1.165, 1.54) is 5.01 Å². The molecule has 4 rings (SSSR count). The Hall–Kier alpha value is -3.73. The van der Waals surface area contributed by atoms with Crippen LogP contribution in [0.3, 0.4) is 0 Å². The van der Waals surface area contributed by atoms with Gasteiger partial charge in [-0.3, -0.25) is 16.0 Å². The van der Waals surface area contributed by atoms with Crippen molar-refractivity contribution < 1.29 is 9.59 Å². The fourth-order valence-corrected chi connectivity index (χ4v) is 4.65. The van der Waals surface area contributed by atoms with E-state index in [-0.39, 0.29) is 22.5 Å². The average Bonchev–Trinajstić information content (AvgIpc) is 3.16. The van der Waals surface area contributed by atoms with Gasteiger partial charge >= 0.3 is 6.03 Å². The molecule has 0 saturated carbocycles. The zero-order valence-electron chi connectivity index (χ0n) is 19.3. The Balaban J connectivity index is 1.34. The van der Waals surface area contributed by atoms with Gasteiger partial charge in [0, 0.05) is 30.9 Å². The molecule has 3 atom stereocenters. The summed E-state index contributed by atoms with van der Waals surface area (Å²) in [5.74, 6) is 16.1. The summed E-state index contributed by atoms with van der Waals surface area (Å²) in [5, 5.41) is 30.2. The predicted molar refractivity (Wildman–Crippen MR) is 130 cm³/mol. The van der Waals surface area contributed by atoms with E-state index in [0.29, 0.717) is 32.5 Å². The van der Waals surface area contributed by atoms with E-state index < -0.39 is 24.4 Å². The van der Waals surface area contributed by atoms with Gasteiger partial charge in [0.25, 0.3) is 0 Å². The molecule has 3 amide bonds. The normalized spacial score (nSPS) is 26.3. The molecular formula is C19H29ClN14O2. The number of hydrogen-bond acceptors (Lipinski definition) is 11. The van der Waals surface area contributed by atoms with Gasteiger partial charge in [-0.05, 0) is 25.0 Å². The summed E-state index contributed by atoms with van der Waals surface area (Å²) in [6, 6.07) is 8.16. The van der Waals surface area contributed by atoms with Crippen LogP contribution in [0.25, 0.3) is 0 Å². The zero-order chi connectivity index (χ0) is 25.7. The van der Waals surface area contributed by atoms with Crippen molar-refractivity contribution in [3.05, 3.63) is 41.3 Å². The van der Waals surface area contributed by atoms with E-state index in [1.807, 2.05) is 30.3 Å². The Bertz CT molecular complexity index is 1040. The molecule has 3 aliphatic heterocycles. The van der Waals surface area contributed by atoms with Crippen LogP contribution >= 0.6 is 11.6 Å². The number of anilines is 1. The molecule has 1 spiro atoms. The van der Waals surface area contributed by atoms with Crippen molar-refractivity contribution in [2.75, 3.05) is 25.0 Å². The first-order valence-electron chi connectivity index (χ1n) is 11.2. The zero-order valence-corrected chi connectivity index (χ0v) is 20.0. The minimum Gasteiger partial charge on any atom is -0.358 e. The van der Waals surface area contributed by atoms with E-state index in [4.69, 9.17) is 29.1 Å². The molecule has 11 N–H and O–H groups in total. The third-order valence-corrected chi connectivity index (χ3v) is 6.58. The number of halogens is 1. The molecule has 0 aromatic heterocycles. The molecule has 3 heterocycles. The van der Waals surface area contributed by atoms with Gasteiger partial charge in [0.2, 0.25) is 5.91 Å². The molecule has 2 saturated heterocycles. The van der Waals surface area contributed by atoms with Gasteiger partial charge in [-0.1, -0.05) is 40.2 Å². The lowest BCUT2D eigenvalue weighted by molar-refractivity contribution is -0.125. The van der Waals surface area contributed by atoms with Gasteiger partial charge < -0.3 is 37.9 Å². The van der Waals surface area contributed by atoms with E-state index in [9.17, 15) is 9.59 Å². The van der Waals surface area contributed by atoms with Crippen molar-refractivity contribution in [1.82, 2.24) is 31.2 Å². The molecular weight excluding hydrogens is 492 g/mol. The third kappa shape index (κ3) is 5.56. The van der Waals surface area contributed by atoms with Gasteiger partial charge in [-0.25, -0.2) is 9.80 Å². The lowest BCUT2D eigenvalue weighted by Gasteiger charge is -2.39. The van der Waals surface area contributed by atoms with Crippen LogP contribution in [0.15, 0.2) is 62.0 Å². The predicted octanol–water partition coefficient (Wildman–Crippen LogP) is -0.863. The highest BCUT2D eigenvalue weighted by molar-refractivity contribution is 6.29. The van der Waals surface area contributed by atoms with Crippen molar-refractivity contribution in [3.8, 4) is 0 Å². The number of piperidine rings is 1. The second-order valence-corrected chi connectivity index (χ2v) is 8.99. The molecule has 0 radical (unpaired) electrons. The van der Waals surface area contributed by atoms with Crippen LogP contribution in [0.1, 0.15) is 12.8 Å². The number of carbonyl (C=O) groups excluding carboxylic acids is 2. The Labute approximate surface area is 211 Å². The molecule has 3 aliphatic rings. The maximum atomic E-state index is 13.1. The Kier molecular flexibility index (Phi) is 7.68. The fraction of sp³-hybridized carbons (Fsp3) is 0.474. The monoisotopic (exact) mass is 520 g/mol. The molecule has 17 heteroatoms. The number of hydrogen-bond donors (Lipinski definition) is 8. The number of nitrogens with two attached hydrogens (primary N) is 3. The average molecular weight is 521 g/mol. The first-order chi connectivity index (χ1) is 17.3. The van der Waals surface area contributed by atoms with Gasteiger partial charge in [-0.15, -0.1) is 10.2 Å². The molecule has 1 aromatic rings. The Morgan fingerprint density at radius 3 is 2.50 bits per heavy atom. The number of hydrazine groups is 1. The maximum absolute atomic E-state index is 13.1. The number of nitrogens with one attached hydrogen (secondary N) is 5. The number of likely N-dealkylation sites (tertiary alicyclic amines) is 1. The van der Waals surface area contributed by atoms with Crippen LogP contribution in [-0.2, 0) is 4.79 Å². The summed E-state index contributed by atoms with van der Waals surface area (Å²) in [6.45, 7) is 1.55. The number of benzene rings is 1. The number of urea groups is 1. The van der Waals surface area contributed by atoms with Crippen LogP contribution in [0.4, 0.5) is 10.5 Å². The largest absolute Gasteiger partial charge is 0.358 e. The molecule has 0 aliphatic carbocycles. The van der Waals surface area contributed by atoms with Crippen molar-refractivity contribution in [2.24, 2.45) is 38.2 Å². The quantitative estimate of drug-likeness (QED) is 0.104. The Morgan fingerprint density at radius 2 is 1.83 bits per heavy atom. The Morgan fingerprint density at radius 1 is 1.11 bits per heavy atom. The third-order valence-electron chi connectivity index (χ3n) is 6.29. The topological polar surface area (TPSA) is 228 Å². The number of rotatable bonds is 5. The van der Waals surface area contributed by atoms with Gasteiger partial charge in [0.15, 0.2) is 12.0 Å². The highest BCUT2D eigenvalue weighted by Crippen LogP contribution is 2.28. The van der Waals surface area contributed by atoms with E-state index >= 15 is 0 Å². The first-order valence-corrected chi connectivity index (χ1v) is 11.6. The van der Waals surface area contributed by atoms with Crippen molar-refractivity contribution in [2.45, 2.75) is 36.9 Å². The fourth-order valence-electron chi connectivity index (χ4n) is 4.44. The SMILES string of the molecule is NN=NC1=C(Cl)NC(C(=O)NC2NC3(CCN(C(=O)Nc4ccccc4)CC3)CN2N)C(N=NN)N1. The molecule has 2 fully saturated rings. The summed E-state index contributed by atoms with van der Waals surface area (Å²) in [6.07, 6.45) is -0.270. The van der Waals surface area contributed by atoms with Crippen LogP contribution in [-0.4, -0.2) is 65.5 Å². The number of amides is 3. The van der Waals surface area contributed by atoms with Gasteiger partial charge in [-0.2, -0.15) is 0 Å². The minimum absolute atomic E-state index is 0.0226. The second-order valence-electron chi connectivity index (χ2n) is 8.61. The first kappa shape index (κ1) is 25.4. The molecule has 1 aromatic carbocycles. The highest BCUT2D eigenvalue weighted by Gasteiger charge is 2.46. The highest BCUT2D eigenvalue weighted by atomic mass is 35.5. The van der Waals surface area contributed by atoms with E-state index in [0.717, 1.165) is 5.69 Å². The minimum atomic E-state index is -0.975. The van der Waals surface area contributed by atoms with Gasteiger partial charge in [0.1, 0.15) is 17.5 Å². The molecule has 0 bridgehead atoms. The van der Waals surface area contributed by atoms with Crippen LogP contribution < -0.4 is 44.1 Å². The lowest BCUT2D eigenvalue weighted by atomic mass is 9.88. The standard InChI is InChI=1S/C19H29ClN14O2/c20-13-15(30-32-22)26-14(29-31-21)12(25-13)16(35)27-17-28-19(10-34(17)23)6-8-33(9-7-19)18(36)24-11-4-2-1-3-5-11/h1-5,12,14,17,25-26,28H,6-10,23H2,(H2,21,29)(H2,22,30)(H,24,36)(H,27,35). The summed E-state index contributed by atoms with van der Waals surface area (Å²) in [5.41, 5.74) is 0.376. The smallest absolute Gasteiger partial charge is 0.321 e. The summed E-state index contributed by atoms with van der Waals surface area (Å²) < 4.78 is 0. The van der Waals surface area contributed by atoms with Crippen molar-refractivity contribution in [3.63, 3.8) is 0 Å². The van der Waals surface area contributed by atoms with Gasteiger partial charge in [0.05, 0.1) is 0 Å². The maximum Gasteiger partial charge on any atom is 0.321 e. The van der Waals surface area contributed by atoms with E-state index in [2.05, 4.69) is 47.3 Å². The second kappa shape index (κ2) is 10.9. The van der Waals surface area contributed by atoms with Crippen LogP contribution in [0.2, 0.25) is 0 Å².